The second-order valence-electron chi connectivity index (χ2n) is 5.12. The SMILES string of the molecule is CCCNC(Cc1ccccn1)c1c(F)ccc(C)c1F. The minimum absolute atomic E-state index is 0.106. The largest absolute Gasteiger partial charge is 0.309 e. The van der Waals surface area contributed by atoms with Gasteiger partial charge in [0, 0.05) is 29.9 Å². The van der Waals surface area contributed by atoms with E-state index in [4.69, 9.17) is 0 Å². The molecule has 1 aromatic heterocycles. The maximum atomic E-state index is 14.3. The molecule has 1 unspecified atom stereocenters. The van der Waals surface area contributed by atoms with Crippen molar-refractivity contribution >= 4 is 0 Å². The van der Waals surface area contributed by atoms with Crippen molar-refractivity contribution in [2.24, 2.45) is 0 Å². The van der Waals surface area contributed by atoms with E-state index in [0.717, 1.165) is 12.1 Å². The predicted molar refractivity (Wildman–Crippen MR) is 80.1 cm³/mol. The van der Waals surface area contributed by atoms with Crippen LogP contribution in [0.25, 0.3) is 0 Å². The topological polar surface area (TPSA) is 24.9 Å². The molecule has 21 heavy (non-hydrogen) atoms. The van der Waals surface area contributed by atoms with Gasteiger partial charge in [-0.3, -0.25) is 4.98 Å². The zero-order chi connectivity index (χ0) is 15.2. The molecular formula is C17H20F2N2. The fraction of sp³-hybridized carbons (Fsp3) is 0.353. The summed E-state index contributed by atoms with van der Waals surface area (Å²) < 4.78 is 28.5. The summed E-state index contributed by atoms with van der Waals surface area (Å²) in [6.07, 6.45) is 3.04. The fourth-order valence-corrected chi connectivity index (χ4v) is 2.32. The van der Waals surface area contributed by atoms with E-state index in [-0.39, 0.29) is 5.56 Å². The van der Waals surface area contributed by atoms with Gasteiger partial charge in [-0.25, -0.2) is 8.78 Å². The maximum Gasteiger partial charge on any atom is 0.133 e. The summed E-state index contributed by atoms with van der Waals surface area (Å²) in [4.78, 5) is 4.25. The van der Waals surface area contributed by atoms with Gasteiger partial charge in [0.15, 0.2) is 0 Å². The summed E-state index contributed by atoms with van der Waals surface area (Å²) in [5.41, 5.74) is 1.37. The van der Waals surface area contributed by atoms with Crippen molar-refractivity contribution in [3.05, 3.63) is 65.0 Å². The van der Waals surface area contributed by atoms with Crippen LogP contribution in [0.15, 0.2) is 36.5 Å². The number of rotatable bonds is 6. The highest BCUT2D eigenvalue weighted by atomic mass is 19.1. The first-order valence-corrected chi connectivity index (χ1v) is 7.21. The number of hydrogen-bond donors (Lipinski definition) is 1. The molecule has 1 atom stereocenters. The minimum Gasteiger partial charge on any atom is -0.309 e. The molecule has 2 aromatic rings. The highest BCUT2D eigenvalue weighted by molar-refractivity contribution is 5.30. The molecule has 1 N–H and O–H groups in total. The lowest BCUT2D eigenvalue weighted by Gasteiger charge is -2.20. The predicted octanol–water partition coefficient (Wildman–Crippen LogP) is 3.95. The van der Waals surface area contributed by atoms with Crippen LogP contribution in [0.5, 0.6) is 0 Å². The first kappa shape index (κ1) is 15.6. The standard InChI is InChI=1S/C17H20F2N2/c1-3-9-21-15(11-13-6-4-5-10-20-13)16-14(18)8-7-12(2)17(16)19/h4-8,10,15,21H,3,9,11H2,1-2H3. The Morgan fingerprint density at radius 2 is 2.00 bits per heavy atom. The van der Waals surface area contributed by atoms with Crippen LogP contribution in [-0.2, 0) is 6.42 Å². The van der Waals surface area contributed by atoms with E-state index in [2.05, 4.69) is 10.3 Å². The lowest BCUT2D eigenvalue weighted by Crippen LogP contribution is -2.26. The normalized spacial score (nSPS) is 12.4. The Morgan fingerprint density at radius 3 is 2.67 bits per heavy atom. The smallest absolute Gasteiger partial charge is 0.133 e. The molecule has 1 aromatic carbocycles. The molecule has 0 spiro atoms. The van der Waals surface area contributed by atoms with Crippen LogP contribution in [0, 0.1) is 18.6 Å². The van der Waals surface area contributed by atoms with Crippen LogP contribution >= 0.6 is 0 Å². The third kappa shape index (κ3) is 3.85. The molecule has 2 rings (SSSR count). The number of benzene rings is 1. The Labute approximate surface area is 124 Å². The van der Waals surface area contributed by atoms with Crippen LogP contribution in [0.4, 0.5) is 8.78 Å². The van der Waals surface area contributed by atoms with Crippen molar-refractivity contribution in [1.29, 1.82) is 0 Å². The highest BCUT2D eigenvalue weighted by Gasteiger charge is 2.21. The molecule has 0 bridgehead atoms. The molecular weight excluding hydrogens is 270 g/mol. The van der Waals surface area contributed by atoms with Gasteiger partial charge in [-0.15, -0.1) is 0 Å². The summed E-state index contributed by atoms with van der Waals surface area (Å²) in [6, 6.07) is 7.94. The number of nitrogens with zero attached hydrogens (tertiary/aromatic N) is 1. The molecule has 0 aliphatic rings. The second kappa shape index (κ2) is 7.27. The van der Waals surface area contributed by atoms with Gasteiger partial charge in [0.2, 0.25) is 0 Å². The van der Waals surface area contributed by atoms with E-state index in [1.165, 1.54) is 12.1 Å². The Morgan fingerprint density at radius 1 is 1.19 bits per heavy atom. The van der Waals surface area contributed by atoms with Crippen molar-refractivity contribution in [1.82, 2.24) is 10.3 Å². The first-order chi connectivity index (χ1) is 10.1. The van der Waals surface area contributed by atoms with Crippen molar-refractivity contribution in [3.63, 3.8) is 0 Å². The molecule has 0 aliphatic carbocycles. The van der Waals surface area contributed by atoms with Crippen molar-refractivity contribution < 1.29 is 8.78 Å². The monoisotopic (exact) mass is 290 g/mol. The van der Waals surface area contributed by atoms with Gasteiger partial charge >= 0.3 is 0 Å². The first-order valence-electron chi connectivity index (χ1n) is 7.21. The maximum absolute atomic E-state index is 14.3. The third-order valence-corrected chi connectivity index (χ3v) is 3.45. The van der Waals surface area contributed by atoms with Crippen LogP contribution < -0.4 is 5.32 Å². The van der Waals surface area contributed by atoms with Crippen molar-refractivity contribution in [2.75, 3.05) is 6.54 Å². The van der Waals surface area contributed by atoms with E-state index in [9.17, 15) is 8.78 Å². The molecule has 0 radical (unpaired) electrons. The average molecular weight is 290 g/mol. The second-order valence-corrected chi connectivity index (χ2v) is 5.12. The molecule has 2 nitrogen and oxygen atoms in total. The number of pyridine rings is 1. The van der Waals surface area contributed by atoms with Crippen molar-refractivity contribution in [2.45, 2.75) is 32.7 Å². The molecule has 112 valence electrons. The number of aryl methyl sites for hydroxylation is 1. The minimum atomic E-state index is -0.511. The quantitative estimate of drug-likeness (QED) is 0.871. The van der Waals surface area contributed by atoms with Crippen LogP contribution in [0.1, 0.15) is 36.2 Å². The summed E-state index contributed by atoms with van der Waals surface area (Å²) in [5, 5.41) is 3.22. The molecule has 0 fully saturated rings. The van der Waals surface area contributed by atoms with Crippen molar-refractivity contribution in [3.8, 4) is 0 Å². The molecule has 0 amide bonds. The van der Waals surface area contributed by atoms with Gasteiger partial charge in [-0.2, -0.15) is 0 Å². The summed E-state index contributed by atoms with van der Waals surface area (Å²) in [5.74, 6) is -0.984. The third-order valence-electron chi connectivity index (χ3n) is 3.45. The lowest BCUT2D eigenvalue weighted by molar-refractivity contribution is 0.459. The van der Waals surface area contributed by atoms with E-state index in [1.54, 1.807) is 13.1 Å². The van der Waals surface area contributed by atoms with Gasteiger partial charge in [0.1, 0.15) is 11.6 Å². The van der Waals surface area contributed by atoms with Gasteiger partial charge in [0.05, 0.1) is 0 Å². The molecule has 0 aliphatic heterocycles. The van der Waals surface area contributed by atoms with E-state index < -0.39 is 17.7 Å². The van der Waals surface area contributed by atoms with Gasteiger partial charge < -0.3 is 5.32 Å². The Hall–Kier alpha value is -1.81. The van der Waals surface area contributed by atoms with Gasteiger partial charge in [-0.05, 0) is 43.7 Å². The van der Waals surface area contributed by atoms with Crippen LogP contribution in [0.2, 0.25) is 0 Å². The zero-order valence-electron chi connectivity index (χ0n) is 12.4. The van der Waals surface area contributed by atoms with E-state index in [0.29, 0.717) is 18.5 Å². The summed E-state index contributed by atoms with van der Waals surface area (Å²) in [6.45, 7) is 4.37. The molecule has 4 heteroatoms. The Kier molecular flexibility index (Phi) is 5.39. The Balaban J connectivity index is 2.34. The Bertz CT molecular complexity index is 585. The van der Waals surface area contributed by atoms with E-state index in [1.807, 2.05) is 25.1 Å². The number of halogens is 2. The fourth-order valence-electron chi connectivity index (χ4n) is 2.32. The van der Waals surface area contributed by atoms with Crippen LogP contribution in [-0.4, -0.2) is 11.5 Å². The lowest BCUT2D eigenvalue weighted by atomic mass is 9.98. The van der Waals surface area contributed by atoms with Gasteiger partial charge in [0.25, 0.3) is 0 Å². The summed E-state index contributed by atoms with van der Waals surface area (Å²) >= 11 is 0. The molecule has 0 saturated carbocycles. The number of nitrogens with one attached hydrogen (secondary N) is 1. The van der Waals surface area contributed by atoms with Gasteiger partial charge in [-0.1, -0.05) is 19.1 Å². The zero-order valence-corrected chi connectivity index (χ0v) is 12.4. The highest BCUT2D eigenvalue weighted by Crippen LogP contribution is 2.25. The molecule has 0 saturated heterocycles. The van der Waals surface area contributed by atoms with E-state index >= 15 is 0 Å². The molecule has 1 heterocycles. The average Bonchev–Trinajstić information content (AvgIpc) is 2.50. The van der Waals surface area contributed by atoms with Crippen LogP contribution in [0.3, 0.4) is 0 Å². The summed E-state index contributed by atoms with van der Waals surface area (Å²) in [7, 11) is 0. The number of hydrogen-bond acceptors (Lipinski definition) is 2. The number of aromatic nitrogens is 1.